The molecule has 2 aromatic heterocycles. The molecule has 0 aliphatic carbocycles. The molecule has 0 saturated heterocycles. The third-order valence-electron chi connectivity index (χ3n) is 6.06. The van der Waals surface area contributed by atoms with E-state index >= 15 is 0 Å². The monoisotopic (exact) mass is 481 g/mol. The number of benzene rings is 3. The lowest BCUT2D eigenvalue weighted by Gasteiger charge is -2.13. The van der Waals surface area contributed by atoms with Crippen LogP contribution in [0.1, 0.15) is 23.6 Å². The van der Waals surface area contributed by atoms with Gasteiger partial charge in [-0.15, -0.1) is 10.2 Å². The van der Waals surface area contributed by atoms with Crippen LogP contribution in [0.2, 0.25) is 0 Å². The van der Waals surface area contributed by atoms with Gasteiger partial charge in [-0.1, -0.05) is 67.2 Å². The van der Waals surface area contributed by atoms with E-state index in [1.165, 1.54) is 11.8 Å². The van der Waals surface area contributed by atoms with E-state index in [1.807, 2.05) is 60.2 Å². The van der Waals surface area contributed by atoms with Crippen LogP contribution in [0.4, 0.5) is 5.69 Å². The summed E-state index contributed by atoms with van der Waals surface area (Å²) in [5, 5.41) is 13.9. The number of amides is 1. The number of aryl methyl sites for hydroxylation is 3. The van der Waals surface area contributed by atoms with Gasteiger partial charge in [-0.3, -0.25) is 9.36 Å². The maximum atomic E-state index is 12.9. The van der Waals surface area contributed by atoms with Gasteiger partial charge in [0.05, 0.1) is 5.75 Å². The van der Waals surface area contributed by atoms with Gasteiger partial charge in [-0.05, 0) is 55.2 Å². The first-order valence-corrected chi connectivity index (χ1v) is 12.6. The molecule has 176 valence electrons. The molecule has 0 atom stereocenters. The fraction of sp³-hybridized carbons (Fsp3) is 0.179. The Balaban J connectivity index is 1.47. The van der Waals surface area contributed by atoms with Crippen LogP contribution in [0.25, 0.3) is 28.0 Å². The zero-order valence-electron chi connectivity index (χ0n) is 20.0. The van der Waals surface area contributed by atoms with Gasteiger partial charge in [0.1, 0.15) is 0 Å². The molecule has 0 unspecified atom stereocenters. The zero-order valence-corrected chi connectivity index (χ0v) is 20.8. The summed E-state index contributed by atoms with van der Waals surface area (Å²) in [4.78, 5) is 16.3. The molecule has 0 saturated carbocycles. The Hall–Kier alpha value is -3.84. The number of rotatable bonds is 7. The number of nitrogens with zero attached hydrogens (tertiary/aromatic N) is 3. The highest BCUT2D eigenvalue weighted by molar-refractivity contribution is 7.99. The minimum Gasteiger partial charge on any atom is -0.360 e. The largest absolute Gasteiger partial charge is 0.360 e. The lowest BCUT2D eigenvalue weighted by molar-refractivity contribution is -0.113. The molecular weight excluding hydrogens is 454 g/mol. The van der Waals surface area contributed by atoms with Crippen LogP contribution in [0.5, 0.6) is 0 Å². The van der Waals surface area contributed by atoms with E-state index in [0.29, 0.717) is 5.16 Å². The Labute approximate surface area is 208 Å². The highest BCUT2D eigenvalue weighted by Gasteiger charge is 2.20. The Bertz CT molecular complexity index is 1520. The molecule has 1 amide bonds. The Morgan fingerprint density at radius 1 is 1.03 bits per heavy atom. The van der Waals surface area contributed by atoms with Gasteiger partial charge in [0.15, 0.2) is 11.0 Å². The molecular formula is C28H27N5OS. The first-order valence-electron chi connectivity index (χ1n) is 11.6. The van der Waals surface area contributed by atoms with Crippen LogP contribution < -0.4 is 5.32 Å². The standard InChI is InChI=1S/C28H27N5OS/c1-4-20-11-8-10-19(3)26(20)30-25(34)17-35-28-32-31-27(33(28)21-12-7-9-18(2)15-21)23-16-29-24-14-6-5-13-22(23)24/h5-16,29H,4,17H2,1-3H3,(H,30,34). The molecule has 7 heteroatoms. The summed E-state index contributed by atoms with van der Waals surface area (Å²) in [6.45, 7) is 6.17. The van der Waals surface area contributed by atoms with Gasteiger partial charge in [-0.2, -0.15) is 0 Å². The van der Waals surface area contributed by atoms with Gasteiger partial charge >= 0.3 is 0 Å². The molecule has 0 aliphatic rings. The summed E-state index contributed by atoms with van der Waals surface area (Å²) in [7, 11) is 0. The number of carbonyl (C=O) groups is 1. The molecule has 0 bridgehead atoms. The number of anilines is 1. The fourth-order valence-electron chi connectivity index (χ4n) is 4.30. The predicted molar refractivity (Wildman–Crippen MR) is 143 cm³/mol. The van der Waals surface area contributed by atoms with E-state index in [0.717, 1.165) is 56.8 Å². The van der Waals surface area contributed by atoms with Gasteiger partial charge in [0, 0.05) is 34.0 Å². The summed E-state index contributed by atoms with van der Waals surface area (Å²) in [6.07, 6.45) is 2.83. The number of para-hydroxylation sites is 2. The molecule has 0 aliphatic heterocycles. The van der Waals surface area contributed by atoms with Crippen molar-refractivity contribution in [3.63, 3.8) is 0 Å². The second-order valence-corrected chi connectivity index (χ2v) is 9.47. The van der Waals surface area contributed by atoms with Crippen molar-refractivity contribution in [2.75, 3.05) is 11.1 Å². The van der Waals surface area contributed by atoms with Crippen molar-refractivity contribution >= 4 is 34.3 Å². The van der Waals surface area contributed by atoms with Crippen LogP contribution in [-0.2, 0) is 11.2 Å². The second kappa shape index (κ2) is 9.80. The average Bonchev–Trinajstić information content (AvgIpc) is 3.48. The normalized spacial score (nSPS) is 11.2. The fourth-order valence-corrected chi connectivity index (χ4v) is 5.05. The first-order chi connectivity index (χ1) is 17.0. The van der Waals surface area contributed by atoms with Crippen LogP contribution in [0, 0.1) is 13.8 Å². The van der Waals surface area contributed by atoms with Gasteiger partial charge in [0.25, 0.3) is 0 Å². The molecule has 6 nitrogen and oxygen atoms in total. The van der Waals surface area contributed by atoms with E-state index in [1.54, 1.807) is 0 Å². The molecule has 3 aromatic carbocycles. The highest BCUT2D eigenvalue weighted by Crippen LogP contribution is 2.33. The Morgan fingerprint density at radius 2 is 1.86 bits per heavy atom. The summed E-state index contributed by atoms with van der Waals surface area (Å²) in [5.74, 6) is 0.907. The molecule has 2 heterocycles. The van der Waals surface area contributed by atoms with Crippen LogP contribution in [0.3, 0.4) is 0 Å². The van der Waals surface area contributed by atoms with Gasteiger partial charge < -0.3 is 10.3 Å². The van der Waals surface area contributed by atoms with E-state index in [9.17, 15) is 4.79 Å². The second-order valence-electron chi connectivity index (χ2n) is 8.53. The maximum absolute atomic E-state index is 12.9. The van der Waals surface area contributed by atoms with Crippen molar-refractivity contribution < 1.29 is 4.79 Å². The molecule has 5 aromatic rings. The van der Waals surface area contributed by atoms with Crippen LogP contribution >= 0.6 is 11.8 Å². The van der Waals surface area contributed by atoms with Crippen molar-refractivity contribution in [2.45, 2.75) is 32.3 Å². The molecule has 0 spiro atoms. The number of hydrogen-bond donors (Lipinski definition) is 2. The first kappa shape index (κ1) is 22.9. The number of H-pyrrole nitrogens is 1. The third kappa shape index (κ3) is 4.59. The summed E-state index contributed by atoms with van der Waals surface area (Å²) >= 11 is 1.39. The topological polar surface area (TPSA) is 75.6 Å². The Kier molecular flexibility index (Phi) is 6.42. The van der Waals surface area contributed by atoms with Crippen LogP contribution in [0.15, 0.2) is 78.1 Å². The number of aromatic amines is 1. The van der Waals surface area contributed by atoms with E-state index < -0.39 is 0 Å². The quantitative estimate of drug-likeness (QED) is 0.267. The molecule has 0 radical (unpaired) electrons. The molecule has 5 rings (SSSR count). The SMILES string of the molecule is CCc1cccc(C)c1NC(=O)CSc1nnc(-c2c[nH]c3ccccc23)n1-c1cccc(C)c1. The van der Waals surface area contributed by atoms with E-state index in [4.69, 9.17) is 0 Å². The van der Waals surface area contributed by atoms with Crippen LogP contribution in [-0.4, -0.2) is 31.4 Å². The molecule has 0 fully saturated rings. The van der Waals surface area contributed by atoms with Crippen molar-refractivity contribution in [1.29, 1.82) is 0 Å². The van der Waals surface area contributed by atoms with E-state index in [-0.39, 0.29) is 11.7 Å². The van der Waals surface area contributed by atoms with Gasteiger partial charge in [-0.25, -0.2) is 0 Å². The zero-order chi connectivity index (χ0) is 24.4. The lowest BCUT2D eigenvalue weighted by atomic mass is 10.1. The van der Waals surface area contributed by atoms with Gasteiger partial charge in [0.2, 0.25) is 5.91 Å². The molecule has 35 heavy (non-hydrogen) atoms. The number of hydrogen-bond acceptors (Lipinski definition) is 4. The van der Waals surface area contributed by atoms with E-state index in [2.05, 4.69) is 58.6 Å². The number of fused-ring (bicyclic) bond motifs is 1. The van der Waals surface area contributed by atoms with Crippen molar-refractivity contribution in [2.24, 2.45) is 0 Å². The number of carbonyl (C=O) groups excluding carboxylic acids is 1. The van der Waals surface area contributed by atoms with Crippen molar-refractivity contribution in [3.8, 4) is 17.1 Å². The maximum Gasteiger partial charge on any atom is 0.234 e. The highest BCUT2D eigenvalue weighted by atomic mass is 32.2. The number of aromatic nitrogens is 4. The lowest BCUT2D eigenvalue weighted by Crippen LogP contribution is -2.16. The Morgan fingerprint density at radius 3 is 2.69 bits per heavy atom. The average molecular weight is 482 g/mol. The summed E-state index contributed by atoms with van der Waals surface area (Å²) in [5.41, 5.74) is 7.21. The molecule has 2 N–H and O–H groups in total. The number of nitrogens with one attached hydrogen (secondary N) is 2. The summed E-state index contributed by atoms with van der Waals surface area (Å²) in [6, 6.07) is 22.5. The minimum absolute atomic E-state index is 0.0635. The third-order valence-corrected chi connectivity index (χ3v) is 6.99. The number of thioether (sulfide) groups is 1. The predicted octanol–water partition coefficient (Wildman–Crippen LogP) is 6.33. The van der Waals surface area contributed by atoms with Crippen molar-refractivity contribution in [3.05, 3.63) is 89.6 Å². The smallest absolute Gasteiger partial charge is 0.234 e. The minimum atomic E-state index is -0.0635. The van der Waals surface area contributed by atoms with Crippen molar-refractivity contribution in [1.82, 2.24) is 19.7 Å². The summed E-state index contributed by atoms with van der Waals surface area (Å²) < 4.78 is 2.03.